The summed E-state index contributed by atoms with van der Waals surface area (Å²) < 4.78 is 4.96. The van der Waals surface area contributed by atoms with Crippen LogP contribution in [-0.2, 0) is 0 Å². The fourth-order valence-electron chi connectivity index (χ4n) is 1.33. The van der Waals surface area contributed by atoms with Crippen LogP contribution in [0.4, 0.5) is 10.5 Å². The van der Waals surface area contributed by atoms with E-state index in [1.165, 1.54) is 6.20 Å². The lowest BCUT2D eigenvalue weighted by atomic mass is 10.3. The lowest BCUT2D eigenvalue weighted by Crippen LogP contribution is -2.33. The number of hydrogen-bond donors (Lipinski definition) is 1. The number of nitrogens with zero attached hydrogens (tertiary/aromatic N) is 3. The highest BCUT2D eigenvalue weighted by Gasteiger charge is 2.20. The number of carbonyl (C=O) groups is 1. The summed E-state index contributed by atoms with van der Waals surface area (Å²) in [5, 5.41) is 8.95. The van der Waals surface area contributed by atoms with Crippen molar-refractivity contribution in [2.24, 2.45) is 0 Å². The second kappa shape index (κ2) is 5.46. The second-order valence-corrected chi connectivity index (χ2v) is 3.38. The highest BCUT2D eigenvalue weighted by atomic mass is 16.6. The quantitative estimate of drug-likeness (QED) is 0.644. The first-order valence-corrected chi connectivity index (χ1v) is 5.22. The lowest BCUT2D eigenvalue weighted by Gasteiger charge is -2.11. The van der Waals surface area contributed by atoms with Gasteiger partial charge in [0.25, 0.3) is 5.56 Å². The zero-order valence-corrected chi connectivity index (χ0v) is 9.61. The smallest absolute Gasteiger partial charge is 0.409 e. The van der Waals surface area contributed by atoms with Crippen LogP contribution in [0.1, 0.15) is 0 Å². The molecule has 0 atom stereocenters. The number of H-pyrrole nitrogens is 1. The van der Waals surface area contributed by atoms with Crippen LogP contribution in [0.15, 0.2) is 47.7 Å². The van der Waals surface area contributed by atoms with Crippen molar-refractivity contribution in [3.05, 3.63) is 53.2 Å². The van der Waals surface area contributed by atoms with Crippen molar-refractivity contribution < 1.29 is 9.53 Å². The molecule has 0 aliphatic heterocycles. The summed E-state index contributed by atoms with van der Waals surface area (Å²) in [6, 6.07) is 8.22. The molecule has 7 nitrogen and oxygen atoms in total. The molecule has 1 amide bonds. The van der Waals surface area contributed by atoms with Crippen molar-refractivity contribution in [2.75, 3.05) is 4.90 Å². The Morgan fingerprint density at radius 2 is 2.11 bits per heavy atom. The molecule has 19 heavy (non-hydrogen) atoms. The predicted octanol–water partition coefficient (Wildman–Crippen LogP) is 1.26. The van der Waals surface area contributed by atoms with E-state index < -0.39 is 11.7 Å². The molecule has 0 bridgehead atoms. The van der Waals surface area contributed by atoms with Crippen molar-refractivity contribution in [3.63, 3.8) is 0 Å². The Labute approximate surface area is 107 Å². The fourth-order valence-corrected chi connectivity index (χ4v) is 1.33. The minimum atomic E-state index is -0.979. The summed E-state index contributed by atoms with van der Waals surface area (Å²) in [5.41, 5.74) is -0.906. The molecule has 1 heterocycles. The van der Waals surface area contributed by atoms with Crippen LogP contribution >= 0.6 is 0 Å². The van der Waals surface area contributed by atoms with Crippen molar-refractivity contribution in [3.8, 4) is 11.9 Å². The first-order chi connectivity index (χ1) is 9.22. The summed E-state index contributed by atoms with van der Waals surface area (Å²) in [5.74, 6) is 0.271. The number of aromatic nitrogens is 2. The molecule has 0 spiro atoms. The maximum atomic E-state index is 11.8. The van der Waals surface area contributed by atoms with E-state index in [0.717, 1.165) is 6.33 Å². The number of nitriles is 1. The van der Waals surface area contributed by atoms with E-state index in [2.05, 4.69) is 9.97 Å². The highest BCUT2D eigenvalue weighted by Crippen LogP contribution is 2.12. The average Bonchev–Trinajstić information content (AvgIpc) is 2.43. The summed E-state index contributed by atoms with van der Waals surface area (Å²) in [6.07, 6.45) is 2.95. The number of aromatic amines is 1. The minimum Gasteiger partial charge on any atom is -0.409 e. The van der Waals surface area contributed by atoms with Gasteiger partial charge in [0.15, 0.2) is 6.19 Å². The van der Waals surface area contributed by atoms with Crippen molar-refractivity contribution >= 4 is 11.8 Å². The number of amides is 1. The van der Waals surface area contributed by atoms with Gasteiger partial charge in [0.2, 0.25) is 0 Å². The fraction of sp³-hybridized carbons (Fsp3) is 0. The third kappa shape index (κ3) is 2.76. The summed E-state index contributed by atoms with van der Waals surface area (Å²) >= 11 is 0. The molecule has 7 heteroatoms. The average molecular weight is 256 g/mol. The van der Waals surface area contributed by atoms with Crippen LogP contribution in [0.3, 0.4) is 0 Å². The van der Waals surface area contributed by atoms with Gasteiger partial charge in [-0.15, -0.1) is 0 Å². The van der Waals surface area contributed by atoms with Gasteiger partial charge >= 0.3 is 6.09 Å². The highest BCUT2D eigenvalue weighted by molar-refractivity contribution is 5.91. The van der Waals surface area contributed by atoms with Crippen LogP contribution in [0, 0.1) is 11.5 Å². The number of hydrogen-bond acceptors (Lipinski definition) is 5. The van der Waals surface area contributed by atoms with E-state index in [9.17, 15) is 9.59 Å². The van der Waals surface area contributed by atoms with Crippen LogP contribution in [0.5, 0.6) is 5.75 Å². The van der Waals surface area contributed by atoms with Gasteiger partial charge in [0.05, 0.1) is 6.33 Å². The van der Waals surface area contributed by atoms with Crippen LogP contribution in [-0.4, -0.2) is 16.1 Å². The van der Waals surface area contributed by atoms with Gasteiger partial charge in [-0.05, 0) is 12.1 Å². The van der Waals surface area contributed by atoms with E-state index in [4.69, 9.17) is 10.00 Å². The number of ether oxygens (including phenoxy) is 1. The van der Waals surface area contributed by atoms with E-state index >= 15 is 0 Å². The van der Waals surface area contributed by atoms with Gasteiger partial charge in [0, 0.05) is 6.20 Å². The Kier molecular flexibility index (Phi) is 3.54. The summed E-state index contributed by atoms with van der Waals surface area (Å²) in [6.45, 7) is 0. The number of nitrogens with one attached hydrogen (secondary N) is 1. The Morgan fingerprint density at radius 1 is 1.37 bits per heavy atom. The lowest BCUT2D eigenvalue weighted by molar-refractivity contribution is 0.210. The maximum absolute atomic E-state index is 11.8. The summed E-state index contributed by atoms with van der Waals surface area (Å²) in [7, 11) is 0. The van der Waals surface area contributed by atoms with Gasteiger partial charge in [-0.2, -0.15) is 15.1 Å². The standard InChI is InChI=1S/C12H8N4O3/c13-7-16(10-6-14-8-15-11(10)17)12(18)19-9-4-2-1-3-5-9/h1-6,8H,(H,14,15,17). The van der Waals surface area contributed by atoms with E-state index in [1.807, 2.05) is 0 Å². The zero-order chi connectivity index (χ0) is 13.7. The van der Waals surface area contributed by atoms with Gasteiger partial charge in [-0.3, -0.25) is 4.79 Å². The van der Waals surface area contributed by atoms with Crippen molar-refractivity contribution in [1.29, 1.82) is 5.26 Å². The SMILES string of the molecule is N#CN(C(=O)Oc1ccccc1)c1c[nH]cnc1=O. The Bertz CT molecular complexity index is 675. The molecule has 0 aliphatic carbocycles. The molecule has 0 saturated heterocycles. The number of anilines is 1. The Balaban J connectivity index is 2.24. The molecule has 1 aromatic carbocycles. The molecule has 1 N–H and O–H groups in total. The topological polar surface area (TPSA) is 99.1 Å². The van der Waals surface area contributed by atoms with Crippen molar-refractivity contribution in [1.82, 2.24) is 9.97 Å². The van der Waals surface area contributed by atoms with Gasteiger partial charge in [-0.1, -0.05) is 18.2 Å². The molecule has 2 rings (SSSR count). The molecular weight excluding hydrogens is 248 g/mol. The maximum Gasteiger partial charge on any atom is 0.433 e. The largest absolute Gasteiger partial charge is 0.433 e. The van der Waals surface area contributed by atoms with Crippen LogP contribution in [0.25, 0.3) is 0 Å². The number of para-hydroxylation sites is 1. The van der Waals surface area contributed by atoms with Gasteiger partial charge in [-0.25, -0.2) is 4.79 Å². The first kappa shape index (κ1) is 12.3. The third-order valence-electron chi connectivity index (χ3n) is 2.17. The molecule has 0 aliphatic rings. The monoisotopic (exact) mass is 256 g/mol. The second-order valence-electron chi connectivity index (χ2n) is 3.38. The van der Waals surface area contributed by atoms with Crippen molar-refractivity contribution in [2.45, 2.75) is 0 Å². The molecular formula is C12H8N4O3. The van der Waals surface area contributed by atoms with E-state index in [-0.39, 0.29) is 11.4 Å². The molecule has 94 valence electrons. The van der Waals surface area contributed by atoms with E-state index in [1.54, 1.807) is 36.5 Å². The molecule has 2 aromatic rings. The summed E-state index contributed by atoms with van der Waals surface area (Å²) in [4.78, 5) is 29.7. The number of benzene rings is 1. The predicted molar refractivity (Wildman–Crippen MR) is 65.4 cm³/mol. The minimum absolute atomic E-state index is 0.203. The van der Waals surface area contributed by atoms with Gasteiger partial charge < -0.3 is 9.72 Å². The number of carbonyl (C=O) groups excluding carboxylic acids is 1. The van der Waals surface area contributed by atoms with Gasteiger partial charge in [0.1, 0.15) is 11.4 Å². The zero-order valence-electron chi connectivity index (χ0n) is 9.61. The molecule has 0 radical (unpaired) electrons. The molecule has 0 unspecified atom stereocenters. The molecule has 1 aromatic heterocycles. The van der Waals surface area contributed by atoms with E-state index in [0.29, 0.717) is 4.90 Å². The number of rotatable bonds is 2. The molecule has 0 fully saturated rings. The van der Waals surface area contributed by atoms with Crippen LogP contribution in [0.2, 0.25) is 0 Å². The Hall–Kier alpha value is -3.14. The first-order valence-electron chi connectivity index (χ1n) is 5.22. The molecule has 0 saturated carbocycles. The third-order valence-corrected chi connectivity index (χ3v) is 2.17. The van der Waals surface area contributed by atoms with Crippen LogP contribution < -0.4 is 15.2 Å². The Morgan fingerprint density at radius 3 is 2.74 bits per heavy atom. The normalized spacial score (nSPS) is 9.42.